The Hall–Kier alpha value is -3.03. The van der Waals surface area contributed by atoms with Gasteiger partial charge >= 0.3 is 5.69 Å². The second-order valence-corrected chi connectivity index (χ2v) is 4.02. The largest absolute Gasteiger partial charge is 0.357 e. The summed E-state index contributed by atoms with van der Waals surface area (Å²) >= 11 is 0. The summed E-state index contributed by atoms with van der Waals surface area (Å²) < 4.78 is 1.44. The second-order valence-electron chi connectivity index (χ2n) is 4.02. The highest BCUT2D eigenvalue weighted by molar-refractivity contribution is 5.80. The fraction of sp³-hybridized carbons (Fsp3) is 0.0833. The van der Waals surface area contributed by atoms with Crippen molar-refractivity contribution in [2.45, 2.75) is 0 Å². The second kappa shape index (κ2) is 4.57. The van der Waals surface area contributed by atoms with Crippen molar-refractivity contribution < 1.29 is 4.92 Å². The summed E-state index contributed by atoms with van der Waals surface area (Å²) in [6.45, 7) is 0. The zero-order valence-electron chi connectivity index (χ0n) is 10.5. The van der Waals surface area contributed by atoms with Crippen LogP contribution in [-0.4, -0.2) is 31.7 Å². The summed E-state index contributed by atoms with van der Waals surface area (Å²) in [5.41, 5.74) is 0.550. The van der Waals surface area contributed by atoms with Crippen molar-refractivity contribution in [3.63, 3.8) is 0 Å². The van der Waals surface area contributed by atoms with Crippen molar-refractivity contribution in [3.8, 4) is 5.82 Å². The molecule has 2 heterocycles. The lowest BCUT2D eigenvalue weighted by Gasteiger charge is -2.05. The molecule has 0 fully saturated rings. The Labute approximate surface area is 113 Å². The monoisotopic (exact) mass is 270 g/mol. The third kappa shape index (κ3) is 1.83. The van der Waals surface area contributed by atoms with Crippen LogP contribution in [0.1, 0.15) is 0 Å². The minimum Gasteiger partial charge on any atom is -0.357 e. The summed E-state index contributed by atoms with van der Waals surface area (Å²) in [5, 5.41) is 18.9. The molecule has 8 heteroatoms. The maximum absolute atomic E-state index is 11.1. The molecule has 0 unspecified atom stereocenters. The third-order valence-electron chi connectivity index (χ3n) is 2.85. The minimum absolute atomic E-state index is 0.135. The van der Waals surface area contributed by atoms with Gasteiger partial charge in [0, 0.05) is 12.4 Å². The molecule has 1 N–H and O–H groups in total. The van der Waals surface area contributed by atoms with Crippen molar-refractivity contribution >= 4 is 22.5 Å². The average Bonchev–Trinajstić information content (AvgIpc) is 2.90. The lowest BCUT2D eigenvalue weighted by molar-refractivity contribution is -0.385. The van der Waals surface area contributed by atoms with Gasteiger partial charge in [-0.25, -0.2) is 9.67 Å². The Morgan fingerprint density at radius 3 is 2.85 bits per heavy atom. The number of nitrogens with zero attached hydrogens (tertiary/aromatic N) is 5. The number of aromatic nitrogens is 4. The molecule has 0 aliphatic rings. The number of nitro groups is 1. The van der Waals surface area contributed by atoms with Crippen LogP contribution < -0.4 is 5.32 Å². The third-order valence-corrected chi connectivity index (χ3v) is 2.85. The van der Waals surface area contributed by atoms with Crippen LogP contribution in [0.5, 0.6) is 0 Å². The van der Waals surface area contributed by atoms with E-state index in [9.17, 15) is 10.1 Å². The predicted molar refractivity (Wildman–Crippen MR) is 72.9 cm³/mol. The summed E-state index contributed by atoms with van der Waals surface area (Å²) in [6, 6.07) is 7.42. The van der Waals surface area contributed by atoms with Crippen LogP contribution in [0.25, 0.3) is 16.7 Å². The number of rotatable bonds is 3. The van der Waals surface area contributed by atoms with Gasteiger partial charge in [0.25, 0.3) is 0 Å². The van der Waals surface area contributed by atoms with Gasteiger partial charge in [0.05, 0.1) is 16.6 Å². The molecule has 3 aromatic rings. The number of hydrogen-bond donors (Lipinski definition) is 1. The number of fused-ring (bicyclic) bond motifs is 1. The first kappa shape index (κ1) is 12.0. The predicted octanol–water partition coefficient (Wildman–Crippen LogP) is 1.77. The topological polar surface area (TPSA) is 98.8 Å². The molecule has 0 atom stereocenters. The Kier molecular flexibility index (Phi) is 2.75. The van der Waals surface area contributed by atoms with Crippen LogP contribution >= 0.6 is 0 Å². The van der Waals surface area contributed by atoms with Gasteiger partial charge < -0.3 is 5.32 Å². The summed E-state index contributed by atoms with van der Waals surface area (Å²) in [6.07, 6.45) is 2.81. The molecular formula is C12H10N6O2. The Bertz CT molecular complexity index is 797. The maximum atomic E-state index is 11.1. The quantitative estimate of drug-likeness (QED) is 0.575. The van der Waals surface area contributed by atoms with Crippen LogP contribution in [0.4, 0.5) is 11.6 Å². The lowest BCUT2D eigenvalue weighted by atomic mass is 10.2. The van der Waals surface area contributed by atoms with E-state index >= 15 is 0 Å². The van der Waals surface area contributed by atoms with E-state index in [1.54, 1.807) is 13.2 Å². The molecule has 3 rings (SSSR count). The number of nitrogens with one attached hydrogen (secondary N) is 1. The van der Waals surface area contributed by atoms with Crippen molar-refractivity contribution in [1.82, 2.24) is 19.7 Å². The van der Waals surface area contributed by atoms with E-state index in [-0.39, 0.29) is 11.5 Å². The van der Waals surface area contributed by atoms with Gasteiger partial charge in [0.1, 0.15) is 6.20 Å². The number of benzene rings is 1. The molecule has 0 saturated carbocycles. The maximum Gasteiger partial charge on any atom is 0.332 e. The molecule has 1 aromatic carbocycles. The van der Waals surface area contributed by atoms with Crippen molar-refractivity contribution in [2.75, 3.05) is 12.4 Å². The first-order valence-electron chi connectivity index (χ1n) is 5.83. The van der Waals surface area contributed by atoms with E-state index in [0.29, 0.717) is 5.95 Å². The summed E-state index contributed by atoms with van der Waals surface area (Å²) in [7, 11) is 1.64. The molecule has 0 radical (unpaired) electrons. The van der Waals surface area contributed by atoms with Gasteiger partial charge in [-0.15, -0.1) is 0 Å². The molecule has 20 heavy (non-hydrogen) atoms. The number of anilines is 1. The molecule has 0 aliphatic heterocycles. The fourth-order valence-electron chi connectivity index (χ4n) is 1.91. The SMILES string of the molecule is CNc1ncc([N+](=O)[O-])c(-n2ncc3ccccc32)n1. The van der Waals surface area contributed by atoms with Crippen molar-refractivity contribution in [1.29, 1.82) is 0 Å². The molecular weight excluding hydrogens is 260 g/mol. The lowest BCUT2D eigenvalue weighted by Crippen LogP contribution is -2.07. The van der Waals surface area contributed by atoms with E-state index in [1.165, 1.54) is 10.9 Å². The van der Waals surface area contributed by atoms with E-state index in [0.717, 1.165) is 10.9 Å². The standard InChI is InChI=1S/C12H10N6O2/c1-13-12-14-7-10(18(19)20)11(16-12)17-9-5-3-2-4-8(9)6-15-17/h2-7H,1H3,(H,13,14,16). The van der Waals surface area contributed by atoms with Gasteiger partial charge in [-0.2, -0.15) is 10.1 Å². The van der Waals surface area contributed by atoms with Crippen LogP contribution in [0.15, 0.2) is 36.7 Å². The zero-order chi connectivity index (χ0) is 14.1. The van der Waals surface area contributed by atoms with E-state index in [1.807, 2.05) is 24.3 Å². The highest BCUT2D eigenvalue weighted by Gasteiger charge is 2.20. The minimum atomic E-state index is -0.523. The van der Waals surface area contributed by atoms with Gasteiger partial charge in [-0.3, -0.25) is 10.1 Å². The molecule has 2 aromatic heterocycles. The zero-order valence-corrected chi connectivity index (χ0v) is 10.5. The smallest absolute Gasteiger partial charge is 0.332 e. The molecule has 0 amide bonds. The molecule has 0 saturated heterocycles. The van der Waals surface area contributed by atoms with Crippen molar-refractivity contribution in [2.24, 2.45) is 0 Å². The molecule has 0 aliphatic carbocycles. The summed E-state index contributed by atoms with van der Waals surface area (Å²) in [5.74, 6) is 0.431. The Balaban J connectivity index is 2.29. The Morgan fingerprint density at radius 2 is 2.10 bits per heavy atom. The number of para-hydroxylation sites is 1. The van der Waals surface area contributed by atoms with Crippen molar-refractivity contribution in [3.05, 3.63) is 46.8 Å². The average molecular weight is 270 g/mol. The van der Waals surface area contributed by atoms with Crippen LogP contribution in [0, 0.1) is 10.1 Å². The molecule has 0 bridgehead atoms. The van der Waals surface area contributed by atoms with E-state index in [2.05, 4.69) is 20.4 Å². The van der Waals surface area contributed by atoms with Crippen LogP contribution in [0.3, 0.4) is 0 Å². The van der Waals surface area contributed by atoms with Gasteiger partial charge in [0.2, 0.25) is 11.8 Å². The highest BCUT2D eigenvalue weighted by atomic mass is 16.6. The van der Waals surface area contributed by atoms with Gasteiger partial charge in [-0.05, 0) is 6.07 Å². The normalized spacial score (nSPS) is 10.7. The highest BCUT2D eigenvalue weighted by Crippen LogP contribution is 2.24. The molecule has 0 spiro atoms. The first-order chi connectivity index (χ1) is 9.70. The first-order valence-corrected chi connectivity index (χ1v) is 5.83. The van der Waals surface area contributed by atoms with Gasteiger partial charge in [0.15, 0.2) is 0 Å². The summed E-state index contributed by atoms with van der Waals surface area (Å²) in [4.78, 5) is 18.6. The molecule has 100 valence electrons. The fourth-order valence-corrected chi connectivity index (χ4v) is 1.91. The van der Waals surface area contributed by atoms with Crippen LogP contribution in [0.2, 0.25) is 0 Å². The molecule has 8 nitrogen and oxygen atoms in total. The van der Waals surface area contributed by atoms with Crippen LogP contribution in [-0.2, 0) is 0 Å². The Morgan fingerprint density at radius 1 is 1.30 bits per heavy atom. The van der Waals surface area contributed by atoms with E-state index < -0.39 is 4.92 Å². The van der Waals surface area contributed by atoms with E-state index in [4.69, 9.17) is 0 Å². The van der Waals surface area contributed by atoms with Gasteiger partial charge in [-0.1, -0.05) is 18.2 Å². The number of hydrogen-bond acceptors (Lipinski definition) is 6.